The zero-order valence-corrected chi connectivity index (χ0v) is 8.86. The number of aromatic nitrogens is 2. The summed E-state index contributed by atoms with van der Waals surface area (Å²) < 4.78 is 19.9. The molecule has 0 aliphatic carbocycles. The molecule has 1 aliphatic heterocycles. The molecule has 0 amide bonds. The van der Waals surface area contributed by atoms with Gasteiger partial charge in [-0.05, 0) is 6.07 Å². The fraction of sp³-hybridized carbons (Fsp3) is 0.556. The van der Waals surface area contributed by atoms with Gasteiger partial charge in [0.05, 0.1) is 0 Å². The molecule has 4 atom stereocenters. The van der Waals surface area contributed by atoms with E-state index in [4.69, 9.17) is 16.2 Å². The van der Waals surface area contributed by atoms with E-state index in [9.17, 15) is 14.3 Å². The molecule has 2 rings (SSSR count). The van der Waals surface area contributed by atoms with Crippen LogP contribution in [0.25, 0.3) is 0 Å². The molecule has 1 fully saturated rings. The Labute approximate surface area is 95.8 Å². The number of hydrogen-bond donors (Lipinski definition) is 3. The molecule has 0 spiro atoms. The second-order valence-corrected chi connectivity index (χ2v) is 3.78. The lowest BCUT2D eigenvalue weighted by atomic mass is 10.1. The summed E-state index contributed by atoms with van der Waals surface area (Å²) in [5.41, 5.74) is 9.89. The topological polar surface area (TPSA) is 116 Å². The largest absolute Gasteiger partial charge is 0.387 e. The number of ether oxygens (including phenoxy) is 1. The predicted octanol–water partition coefficient (Wildman–Crippen LogP) is -1.62. The lowest BCUT2D eigenvalue weighted by molar-refractivity contribution is -0.0224. The number of aliphatic hydroxyl groups is 1. The minimum atomic E-state index is -1.73. The normalized spacial score (nSPS) is 32.9. The fourth-order valence-electron chi connectivity index (χ4n) is 1.74. The zero-order valence-electron chi connectivity index (χ0n) is 8.86. The van der Waals surface area contributed by atoms with Crippen molar-refractivity contribution < 1.29 is 14.2 Å². The van der Waals surface area contributed by atoms with E-state index >= 15 is 0 Å². The van der Waals surface area contributed by atoms with E-state index in [0.717, 1.165) is 4.57 Å². The molecular weight excluding hydrogens is 231 g/mol. The minimum Gasteiger partial charge on any atom is -0.387 e. The quantitative estimate of drug-likeness (QED) is 0.575. The zero-order chi connectivity index (χ0) is 12.6. The average Bonchev–Trinajstić information content (AvgIpc) is 2.57. The van der Waals surface area contributed by atoms with Gasteiger partial charge >= 0.3 is 5.69 Å². The number of halogens is 1. The van der Waals surface area contributed by atoms with Crippen LogP contribution >= 0.6 is 0 Å². The molecule has 2 heterocycles. The number of rotatable bonds is 2. The maximum atomic E-state index is 13.7. The van der Waals surface area contributed by atoms with E-state index in [1.807, 2.05) is 0 Å². The molecule has 5 N–H and O–H groups in total. The molecule has 0 saturated carbocycles. The number of aliphatic hydroxyl groups excluding tert-OH is 1. The van der Waals surface area contributed by atoms with Gasteiger partial charge in [-0.25, -0.2) is 9.18 Å². The van der Waals surface area contributed by atoms with Gasteiger partial charge in [-0.1, -0.05) is 0 Å². The van der Waals surface area contributed by atoms with Gasteiger partial charge in [-0.2, -0.15) is 4.98 Å². The SMILES string of the molecule is NC[C@H]1O[C@@H](n2ccc(N)nc2=O)[C@H](F)[C@@H]1O. The molecule has 1 saturated heterocycles. The maximum absolute atomic E-state index is 13.7. The van der Waals surface area contributed by atoms with Crippen molar-refractivity contribution in [3.05, 3.63) is 22.7 Å². The standard InChI is InChI=1S/C9H13FN4O3/c10-6-7(15)4(3-11)17-8(6)14-2-1-5(12)13-9(14)16/h1-2,4,6-8,15H,3,11H2,(H2,12,13,16)/t4-,6-,7-,8-/m1/s1. The molecule has 1 aromatic heterocycles. The van der Waals surface area contributed by atoms with Crippen molar-refractivity contribution in [2.45, 2.75) is 24.6 Å². The monoisotopic (exact) mass is 244 g/mol. The lowest BCUT2D eigenvalue weighted by Crippen LogP contribution is -2.34. The lowest BCUT2D eigenvalue weighted by Gasteiger charge is -2.15. The van der Waals surface area contributed by atoms with Crippen LogP contribution in [0, 0.1) is 0 Å². The van der Waals surface area contributed by atoms with E-state index in [2.05, 4.69) is 4.98 Å². The molecule has 7 nitrogen and oxygen atoms in total. The summed E-state index contributed by atoms with van der Waals surface area (Å²) in [6, 6.07) is 1.35. The minimum absolute atomic E-state index is 0.0325. The van der Waals surface area contributed by atoms with Crippen LogP contribution in [-0.2, 0) is 4.74 Å². The van der Waals surface area contributed by atoms with Crippen molar-refractivity contribution >= 4 is 5.82 Å². The van der Waals surface area contributed by atoms with Crippen LogP contribution in [0.1, 0.15) is 6.23 Å². The Morgan fingerprint density at radius 2 is 2.35 bits per heavy atom. The van der Waals surface area contributed by atoms with Crippen LogP contribution in [0.5, 0.6) is 0 Å². The van der Waals surface area contributed by atoms with Crippen LogP contribution in [0.3, 0.4) is 0 Å². The first-order valence-electron chi connectivity index (χ1n) is 5.07. The molecule has 0 radical (unpaired) electrons. The molecule has 0 unspecified atom stereocenters. The first-order chi connectivity index (χ1) is 8.04. The molecule has 0 aromatic carbocycles. The van der Waals surface area contributed by atoms with Gasteiger partial charge in [-0.3, -0.25) is 4.57 Å². The number of alkyl halides is 1. The Kier molecular flexibility index (Phi) is 3.09. The van der Waals surface area contributed by atoms with Gasteiger partial charge in [0.25, 0.3) is 0 Å². The number of hydrogen-bond acceptors (Lipinski definition) is 6. The first kappa shape index (κ1) is 12.0. The van der Waals surface area contributed by atoms with Crippen LogP contribution in [0.2, 0.25) is 0 Å². The summed E-state index contributed by atoms with van der Waals surface area (Å²) in [4.78, 5) is 14.9. The van der Waals surface area contributed by atoms with Gasteiger partial charge in [0.1, 0.15) is 18.0 Å². The van der Waals surface area contributed by atoms with Gasteiger partial charge in [0, 0.05) is 12.7 Å². The Morgan fingerprint density at radius 1 is 1.65 bits per heavy atom. The number of nitrogens with zero attached hydrogens (tertiary/aromatic N) is 2. The first-order valence-corrected chi connectivity index (χ1v) is 5.07. The highest BCUT2D eigenvalue weighted by Gasteiger charge is 2.44. The van der Waals surface area contributed by atoms with Gasteiger partial charge in [0.15, 0.2) is 12.4 Å². The maximum Gasteiger partial charge on any atom is 0.351 e. The number of nitrogens with two attached hydrogens (primary N) is 2. The Morgan fingerprint density at radius 3 is 2.88 bits per heavy atom. The second-order valence-electron chi connectivity index (χ2n) is 3.78. The van der Waals surface area contributed by atoms with Gasteiger partial charge < -0.3 is 21.3 Å². The average molecular weight is 244 g/mol. The number of anilines is 1. The van der Waals surface area contributed by atoms with Crippen LogP contribution in [0.15, 0.2) is 17.1 Å². The molecule has 0 bridgehead atoms. The van der Waals surface area contributed by atoms with E-state index in [1.165, 1.54) is 12.3 Å². The van der Waals surface area contributed by atoms with E-state index in [0.29, 0.717) is 0 Å². The third-order valence-corrected chi connectivity index (χ3v) is 2.65. The Hall–Kier alpha value is -1.51. The highest BCUT2D eigenvalue weighted by atomic mass is 19.1. The molecule has 94 valence electrons. The van der Waals surface area contributed by atoms with Gasteiger partial charge in [0.2, 0.25) is 0 Å². The number of nitrogen functional groups attached to an aromatic ring is 1. The third kappa shape index (κ3) is 2.02. The van der Waals surface area contributed by atoms with E-state index < -0.39 is 30.3 Å². The van der Waals surface area contributed by atoms with Crippen molar-refractivity contribution in [3.63, 3.8) is 0 Å². The molecule has 1 aromatic rings. The summed E-state index contributed by atoms with van der Waals surface area (Å²) in [6.07, 6.45) is -3.87. The second kappa shape index (κ2) is 4.40. The Balaban J connectivity index is 2.32. The van der Waals surface area contributed by atoms with Crippen LogP contribution in [-0.4, -0.2) is 39.6 Å². The summed E-state index contributed by atoms with van der Waals surface area (Å²) in [6.45, 7) is -0.0325. The highest BCUT2D eigenvalue weighted by Crippen LogP contribution is 2.30. The molecule has 8 heteroatoms. The van der Waals surface area contributed by atoms with Crippen LogP contribution < -0.4 is 17.2 Å². The van der Waals surface area contributed by atoms with Crippen LogP contribution in [0.4, 0.5) is 10.2 Å². The Bertz CT molecular complexity index is 466. The van der Waals surface area contributed by atoms with Crippen molar-refractivity contribution in [1.29, 1.82) is 0 Å². The summed E-state index contributed by atoms with van der Waals surface area (Å²) in [5.74, 6) is 0.0376. The fourth-order valence-corrected chi connectivity index (χ4v) is 1.74. The van der Waals surface area contributed by atoms with Crippen molar-refractivity contribution in [1.82, 2.24) is 9.55 Å². The molecular formula is C9H13FN4O3. The third-order valence-electron chi connectivity index (χ3n) is 2.65. The summed E-state index contributed by atoms with van der Waals surface area (Å²) in [5, 5.41) is 9.49. The summed E-state index contributed by atoms with van der Waals surface area (Å²) in [7, 11) is 0. The van der Waals surface area contributed by atoms with Gasteiger partial charge in [-0.15, -0.1) is 0 Å². The van der Waals surface area contributed by atoms with E-state index in [1.54, 1.807) is 0 Å². The van der Waals surface area contributed by atoms with E-state index in [-0.39, 0.29) is 12.4 Å². The predicted molar refractivity (Wildman–Crippen MR) is 56.8 cm³/mol. The van der Waals surface area contributed by atoms with Crippen molar-refractivity contribution in [2.75, 3.05) is 12.3 Å². The van der Waals surface area contributed by atoms with Crippen molar-refractivity contribution in [2.24, 2.45) is 5.73 Å². The molecule has 1 aliphatic rings. The molecule has 17 heavy (non-hydrogen) atoms. The smallest absolute Gasteiger partial charge is 0.351 e. The van der Waals surface area contributed by atoms with Crippen molar-refractivity contribution in [3.8, 4) is 0 Å². The highest BCUT2D eigenvalue weighted by molar-refractivity contribution is 5.23. The summed E-state index contributed by atoms with van der Waals surface area (Å²) >= 11 is 0.